The average Bonchev–Trinajstić information content (AvgIpc) is 2.07. The number of hydrogen-bond donors (Lipinski definition) is 0. The molecule has 0 amide bonds. The largest absolute Gasteiger partial charge is 0.434 e. The first kappa shape index (κ1) is 13.8. The van der Waals surface area contributed by atoms with Gasteiger partial charge in [0.15, 0.2) is 0 Å². The van der Waals surface area contributed by atoms with E-state index in [4.69, 9.17) is 11.6 Å². The Morgan fingerprint density at radius 2 is 1.81 bits per heavy atom. The molecule has 0 unspecified atom stereocenters. The van der Waals surface area contributed by atoms with Gasteiger partial charge in [-0.25, -0.2) is 0 Å². The normalized spacial score (nSPS) is 12.0. The third-order valence-corrected chi connectivity index (χ3v) is 2.70. The molecule has 8 heteroatoms. The van der Waals surface area contributed by atoms with Crippen LogP contribution in [0.2, 0.25) is 5.02 Å². The molecule has 16 heavy (non-hydrogen) atoms. The summed E-state index contributed by atoms with van der Waals surface area (Å²) in [5.41, 5.74) is -1.08. The number of ether oxygens (including phenoxy) is 1. The monoisotopic (exact) mass is 372 g/mol. The van der Waals surface area contributed by atoms with Gasteiger partial charge in [0.1, 0.15) is 5.75 Å². The molecule has 0 fully saturated rings. The van der Waals surface area contributed by atoms with E-state index in [1.165, 1.54) is 22.6 Å². The fourth-order valence-electron chi connectivity index (χ4n) is 0.932. The Bertz CT molecular complexity index is 393. The second-order valence-electron chi connectivity index (χ2n) is 2.64. The molecule has 1 aromatic rings. The summed E-state index contributed by atoms with van der Waals surface area (Å²) in [4.78, 5) is 0. The van der Waals surface area contributed by atoms with E-state index in [1.807, 2.05) is 0 Å². The Labute approximate surface area is 106 Å². The third-order valence-electron chi connectivity index (χ3n) is 1.54. The molecule has 0 saturated carbocycles. The summed E-state index contributed by atoms with van der Waals surface area (Å²) in [6.45, 7) is -3.11. The van der Waals surface area contributed by atoms with Crippen molar-refractivity contribution in [3.05, 3.63) is 26.3 Å². The van der Waals surface area contributed by atoms with E-state index in [1.54, 1.807) is 0 Å². The van der Waals surface area contributed by atoms with Crippen LogP contribution in [0.5, 0.6) is 5.75 Å². The van der Waals surface area contributed by atoms with E-state index >= 15 is 0 Å². The van der Waals surface area contributed by atoms with Crippen molar-refractivity contribution in [2.24, 2.45) is 0 Å². The highest BCUT2D eigenvalue weighted by Crippen LogP contribution is 2.39. The third kappa shape index (κ3) is 3.34. The molecule has 0 aliphatic carbocycles. The van der Waals surface area contributed by atoms with Crippen molar-refractivity contribution in [3.8, 4) is 5.75 Å². The molecule has 0 bridgehead atoms. The van der Waals surface area contributed by atoms with Crippen LogP contribution in [-0.2, 0) is 6.18 Å². The zero-order chi connectivity index (χ0) is 12.5. The van der Waals surface area contributed by atoms with E-state index in [-0.39, 0.29) is 9.32 Å². The van der Waals surface area contributed by atoms with E-state index in [2.05, 4.69) is 4.74 Å². The lowest BCUT2D eigenvalue weighted by atomic mass is 10.2. The minimum atomic E-state index is -4.62. The predicted molar refractivity (Wildman–Crippen MR) is 55.8 cm³/mol. The van der Waals surface area contributed by atoms with Crippen molar-refractivity contribution in [1.29, 1.82) is 0 Å². The van der Waals surface area contributed by atoms with Crippen molar-refractivity contribution in [1.82, 2.24) is 0 Å². The molecule has 90 valence electrons. The van der Waals surface area contributed by atoms with Gasteiger partial charge in [-0.2, -0.15) is 22.0 Å². The minimum Gasteiger partial charge on any atom is -0.434 e. The fraction of sp³-hybridized carbons (Fsp3) is 0.250. The molecule has 1 nitrogen and oxygen atoms in total. The zero-order valence-corrected chi connectivity index (χ0v) is 10.2. The first-order chi connectivity index (χ1) is 7.21. The Kier molecular flexibility index (Phi) is 4.22. The van der Waals surface area contributed by atoms with Crippen molar-refractivity contribution in [3.63, 3.8) is 0 Å². The number of hydrogen-bond acceptors (Lipinski definition) is 1. The molecule has 0 heterocycles. The molecule has 0 aliphatic heterocycles. The van der Waals surface area contributed by atoms with Gasteiger partial charge in [-0.15, -0.1) is 0 Å². The molecule has 0 spiro atoms. The predicted octanol–water partition coefficient (Wildman–Crippen LogP) is 4.56. The molecule has 0 atom stereocenters. The summed E-state index contributed by atoms with van der Waals surface area (Å²) >= 11 is 6.78. The molecule has 1 rings (SSSR count). The molecular weight excluding hydrogens is 369 g/mol. The van der Waals surface area contributed by atoms with Gasteiger partial charge in [0.25, 0.3) is 0 Å². The van der Waals surface area contributed by atoms with Gasteiger partial charge < -0.3 is 4.74 Å². The maximum absolute atomic E-state index is 12.3. The summed E-state index contributed by atoms with van der Waals surface area (Å²) < 4.78 is 64.7. The van der Waals surface area contributed by atoms with Crippen LogP contribution >= 0.6 is 34.2 Å². The highest BCUT2D eigenvalue weighted by Gasteiger charge is 2.34. The summed E-state index contributed by atoms with van der Waals surface area (Å²) in [6.07, 6.45) is -4.62. The number of benzene rings is 1. The second kappa shape index (κ2) is 4.91. The van der Waals surface area contributed by atoms with Crippen LogP contribution in [-0.4, -0.2) is 6.61 Å². The molecule has 0 aliphatic rings. The minimum absolute atomic E-state index is 0.0883. The second-order valence-corrected chi connectivity index (χ2v) is 4.21. The number of alkyl halides is 5. The lowest BCUT2D eigenvalue weighted by molar-refractivity contribution is -0.137. The molecule has 0 aromatic heterocycles. The van der Waals surface area contributed by atoms with Gasteiger partial charge in [-0.3, -0.25) is 0 Å². The van der Waals surface area contributed by atoms with E-state index in [0.29, 0.717) is 6.07 Å². The van der Waals surface area contributed by atoms with Crippen LogP contribution < -0.4 is 4.74 Å². The van der Waals surface area contributed by atoms with Crippen molar-refractivity contribution >= 4 is 34.2 Å². The van der Waals surface area contributed by atoms with Crippen LogP contribution in [0.4, 0.5) is 22.0 Å². The zero-order valence-electron chi connectivity index (χ0n) is 7.29. The van der Waals surface area contributed by atoms with Crippen molar-refractivity contribution < 1.29 is 26.7 Å². The fourth-order valence-corrected chi connectivity index (χ4v) is 1.79. The van der Waals surface area contributed by atoms with Crippen molar-refractivity contribution in [2.75, 3.05) is 0 Å². The first-order valence-corrected chi connectivity index (χ1v) is 5.18. The van der Waals surface area contributed by atoms with E-state index < -0.39 is 23.4 Å². The van der Waals surface area contributed by atoms with Gasteiger partial charge in [0, 0.05) is 6.07 Å². The van der Waals surface area contributed by atoms with Gasteiger partial charge in [0.05, 0.1) is 14.2 Å². The smallest absolute Gasteiger partial charge is 0.417 e. The number of rotatable bonds is 2. The molecule has 1 aromatic carbocycles. The topological polar surface area (TPSA) is 9.23 Å². The summed E-state index contributed by atoms with van der Waals surface area (Å²) in [5, 5.41) is -0.677. The summed E-state index contributed by atoms with van der Waals surface area (Å²) in [5.74, 6) is -0.381. The highest BCUT2D eigenvalue weighted by atomic mass is 127. The maximum atomic E-state index is 12.3. The summed E-state index contributed by atoms with van der Waals surface area (Å²) in [7, 11) is 0. The lowest BCUT2D eigenvalue weighted by Crippen LogP contribution is -2.08. The molecule has 0 N–H and O–H groups in total. The van der Waals surface area contributed by atoms with Crippen LogP contribution in [0.1, 0.15) is 5.56 Å². The van der Waals surface area contributed by atoms with Crippen LogP contribution in [0.3, 0.4) is 0 Å². The van der Waals surface area contributed by atoms with Gasteiger partial charge in [0.2, 0.25) is 0 Å². The van der Waals surface area contributed by atoms with E-state index in [0.717, 1.165) is 6.07 Å². The van der Waals surface area contributed by atoms with Gasteiger partial charge in [-0.1, -0.05) is 11.6 Å². The molecular formula is C8H3ClF5IO. The maximum Gasteiger partial charge on any atom is 0.417 e. The highest BCUT2D eigenvalue weighted by molar-refractivity contribution is 14.1. The van der Waals surface area contributed by atoms with Gasteiger partial charge >= 0.3 is 12.8 Å². The SMILES string of the molecule is FC(F)Oc1cc(Cl)c(C(F)(F)F)cc1I. The first-order valence-electron chi connectivity index (χ1n) is 3.73. The Balaban J connectivity index is 3.17. The van der Waals surface area contributed by atoms with Crippen LogP contribution in [0, 0.1) is 3.57 Å². The van der Waals surface area contributed by atoms with Crippen molar-refractivity contribution in [2.45, 2.75) is 12.8 Å². The quantitative estimate of drug-likeness (QED) is 0.546. The molecule has 0 saturated heterocycles. The lowest BCUT2D eigenvalue weighted by Gasteiger charge is -2.12. The molecule has 0 radical (unpaired) electrons. The number of halogens is 7. The average molecular weight is 372 g/mol. The van der Waals surface area contributed by atoms with E-state index in [9.17, 15) is 22.0 Å². The Hall–Kier alpha value is -0.310. The Morgan fingerprint density at radius 1 is 1.25 bits per heavy atom. The van der Waals surface area contributed by atoms with Crippen LogP contribution in [0.25, 0.3) is 0 Å². The summed E-state index contributed by atoms with van der Waals surface area (Å²) in [6, 6.07) is 1.37. The van der Waals surface area contributed by atoms with Gasteiger partial charge in [-0.05, 0) is 28.7 Å². The van der Waals surface area contributed by atoms with Crippen LogP contribution in [0.15, 0.2) is 12.1 Å². The Morgan fingerprint density at radius 3 is 2.25 bits per heavy atom. The standard InChI is InChI=1S/C8H3ClF5IO/c9-4-2-6(16-7(10)11)5(15)1-3(4)8(12,13)14/h1-2,7H.